The number of aromatic nitrogens is 1. The van der Waals surface area contributed by atoms with Crippen LogP contribution in [0.3, 0.4) is 0 Å². The zero-order chi connectivity index (χ0) is 10.7. The maximum Gasteiger partial charge on any atom is 0.137 e. The number of hydrogen-bond acceptors (Lipinski definition) is 3. The Morgan fingerprint density at radius 1 is 1.20 bits per heavy atom. The fourth-order valence-corrected chi connectivity index (χ4v) is 1.69. The average Bonchev–Trinajstić information content (AvgIpc) is 2.30. The second-order valence-corrected chi connectivity index (χ2v) is 3.61. The first kappa shape index (κ1) is 10.1. The highest BCUT2D eigenvalue weighted by Gasteiger charge is 2.02. The molecular weight excluding hydrogens is 206 g/mol. The SMILES string of the molecule is COc1cncc(-c2ccccc2S)c1. The Labute approximate surface area is 94.3 Å². The van der Waals surface area contributed by atoms with Gasteiger partial charge in [-0.2, -0.15) is 0 Å². The monoisotopic (exact) mass is 217 g/mol. The Balaban J connectivity index is 2.49. The highest BCUT2D eigenvalue weighted by Crippen LogP contribution is 2.27. The third-order valence-electron chi connectivity index (χ3n) is 2.16. The van der Waals surface area contributed by atoms with Gasteiger partial charge in [-0.1, -0.05) is 18.2 Å². The molecule has 0 amide bonds. The normalized spacial score (nSPS) is 10.0. The summed E-state index contributed by atoms with van der Waals surface area (Å²) in [6, 6.07) is 9.85. The summed E-state index contributed by atoms with van der Waals surface area (Å²) >= 11 is 4.40. The third kappa shape index (κ3) is 2.13. The van der Waals surface area contributed by atoms with Gasteiger partial charge in [0.15, 0.2) is 0 Å². The molecule has 2 aromatic rings. The van der Waals surface area contributed by atoms with Gasteiger partial charge in [-0.25, -0.2) is 0 Å². The van der Waals surface area contributed by atoms with Crippen LogP contribution in [0.15, 0.2) is 47.6 Å². The second kappa shape index (κ2) is 4.36. The molecule has 0 saturated carbocycles. The molecule has 15 heavy (non-hydrogen) atoms. The van der Waals surface area contributed by atoms with Gasteiger partial charge in [0.1, 0.15) is 5.75 Å². The van der Waals surface area contributed by atoms with E-state index in [9.17, 15) is 0 Å². The van der Waals surface area contributed by atoms with Crippen LogP contribution in [-0.4, -0.2) is 12.1 Å². The predicted molar refractivity (Wildman–Crippen MR) is 63.5 cm³/mol. The first-order chi connectivity index (χ1) is 7.31. The highest BCUT2D eigenvalue weighted by molar-refractivity contribution is 7.80. The number of benzene rings is 1. The van der Waals surface area contributed by atoms with Crippen LogP contribution in [0.2, 0.25) is 0 Å². The largest absolute Gasteiger partial charge is 0.495 e. The molecule has 76 valence electrons. The quantitative estimate of drug-likeness (QED) is 0.781. The van der Waals surface area contributed by atoms with E-state index in [0.717, 1.165) is 21.8 Å². The van der Waals surface area contributed by atoms with Crippen LogP contribution < -0.4 is 4.74 Å². The van der Waals surface area contributed by atoms with Gasteiger partial charge in [-0.15, -0.1) is 12.6 Å². The van der Waals surface area contributed by atoms with Crippen molar-refractivity contribution in [2.45, 2.75) is 4.90 Å². The van der Waals surface area contributed by atoms with Gasteiger partial charge in [0, 0.05) is 16.7 Å². The lowest BCUT2D eigenvalue weighted by atomic mass is 10.1. The molecule has 0 radical (unpaired) electrons. The standard InChI is InChI=1S/C12H11NOS/c1-14-10-6-9(7-13-8-10)11-4-2-3-5-12(11)15/h2-8,15H,1H3. The summed E-state index contributed by atoms with van der Waals surface area (Å²) in [5.41, 5.74) is 2.08. The summed E-state index contributed by atoms with van der Waals surface area (Å²) < 4.78 is 5.13. The number of ether oxygens (including phenoxy) is 1. The molecule has 0 spiro atoms. The maximum absolute atomic E-state index is 5.13. The van der Waals surface area contributed by atoms with Gasteiger partial charge in [-0.3, -0.25) is 4.98 Å². The molecule has 1 heterocycles. The smallest absolute Gasteiger partial charge is 0.137 e. The lowest BCUT2D eigenvalue weighted by molar-refractivity contribution is 0.413. The minimum Gasteiger partial charge on any atom is -0.495 e. The molecule has 0 aliphatic carbocycles. The number of nitrogens with zero attached hydrogens (tertiary/aromatic N) is 1. The summed E-state index contributed by atoms with van der Waals surface area (Å²) in [4.78, 5) is 5.05. The fraction of sp³-hybridized carbons (Fsp3) is 0.0833. The van der Waals surface area contributed by atoms with E-state index in [4.69, 9.17) is 4.74 Å². The van der Waals surface area contributed by atoms with Gasteiger partial charge >= 0.3 is 0 Å². The lowest BCUT2D eigenvalue weighted by Gasteiger charge is -2.06. The summed E-state index contributed by atoms with van der Waals surface area (Å²) in [6.07, 6.45) is 3.49. The summed E-state index contributed by atoms with van der Waals surface area (Å²) in [5.74, 6) is 0.754. The van der Waals surface area contributed by atoms with Crippen molar-refractivity contribution < 1.29 is 4.74 Å². The highest BCUT2D eigenvalue weighted by atomic mass is 32.1. The number of hydrogen-bond donors (Lipinski definition) is 1. The molecule has 2 rings (SSSR count). The number of thiol groups is 1. The maximum atomic E-state index is 5.13. The summed E-state index contributed by atoms with van der Waals surface area (Å²) in [7, 11) is 1.63. The Hall–Kier alpha value is -1.48. The van der Waals surface area contributed by atoms with Crippen molar-refractivity contribution in [2.24, 2.45) is 0 Å². The van der Waals surface area contributed by atoms with E-state index in [1.165, 1.54) is 0 Å². The van der Waals surface area contributed by atoms with Crippen LogP contribution in [0.25, 0.3) is 11.1 Å². The van der Waals surface area contributed by atoms with Gasteiger partial charge < -0.3 is 4.74 Å². The Morgan fingerprint density at radius 3 is 2.73 bits per heavy atom. The van der Waals surface area contributed by atoms with Crippen LogP contribution in [-0.2, 0) is 0 Å². The molecule has 0 N–H and O–H groups in total. The Kier molecular flexibility index (Phi) is 2.92. The molecule has 0 atom stereocenters. The van der Waals surface area contributed by atoms with Gasteiger partial charge in [0.2, 0.25) is 0 Å². The summed E-state index contributed by atoms with van der Waals surface area (Å²) in [6.45, 7) is 0. The van der Waals surface area contributed by atoms with E-state index in [0.29, 0.717) is 0 Å². The first-order valence-electron chi connectivity index (χ1n) is 4.58. The van der Waals surface area contributed by atoms with Crippen LogP contribution in [0.4, 0.5) is 0 Å². The number of methoxy groups -OCH3 is 1. The van der Waals surface area contributed by atoms with Crippen LogP contribution in [0.1, 0.15) is 0 Å². The minimum atomic E-state index is 0.754. The Bertz CT molecular complexity index is 471. The van der Waals surface area contributed by atoms with Crippen molar-refractivity contribution >= 4 is 12.6 Å². The molecule has 3 heteroatoms. The van der Waals surface area contributed by atoms with Crippen molar-refractivity contribution in [1.82, 2.24) is 4.98 Å². The van der Waals surface area contributed by atoms with Crippen molar-refractivity contribution in [3.63, 3.8) is 0 Å². The van der Waals surface area contributed by atoms with Crippen molar-refractivity contribution in [3.05, 3.63) is 42.7 Å². The Morgan fingerprint density at radius 2 is 2.00 bits per heavy atom. The van der Waals surface area contributed by atoms with E-state index in [2.05, 4.69) is 17.6 Å². The molecule has 0 unspecified atom stereocenters. The van der Waals surface area contributed by atoms with Gasteiger partial charge in [0.25, 0.3) is 0 Å². The lowest BCUT2D eigenvalue weighted by Crippen LogP contribution is -1.86. The molecular formula is C12H11NOS. The molecule has 1 aromatic heterocycles. The molecule has 0 bridgehead atoms. The molecule has 0 fully saturated rings. The number of pyridine rings is 1. The minimum absolute atomic E-state index is 0.754. The zero-order valence-corrected chi connectivity index (χ0v) is 9.24. The fourth-order valence-electron chi connectivity index (χ4n) is 1.40. The molecule has 1 aromatic carbocycles. The summed E-state index contributed by atoms with van der Waals surface area (Å²) in [5, 5.41) is 0. The van der Waals surface area contributed by atoms with Crippen LogP contribution in [0, 0.1) is 0 Å². The topological polar surface area (TPSA) is 22.1 Å². The third-order valence-corrected chi connectivity index (χ3v) is 2.55. The molecule has 2 nitrogen and oxygen atoms in total. The molecule has 0 aliphatic rings. The van der Waals surface area contributed by atoms with Crippen molar-refractivity contribution in [3.8, 4) is 16.9 Å². The van der Waals surface area contributed by atoms with Crippen LogP contribution >= 0.6 is 12.6 Å². The van der Waals surface area contributed by atoms with Gasteiger partial charge in [0.05, 0.1) is 13.3 Å². The molecule has 0 saturated heterocycles. The van der Waals surface area contributed by atoms with E-state index < -0.39 is 0 Å². The van der Waals surface area contributed by atoms with E-state index in [1.807, 2.05) is 30.3 Å². The van der Waals surface area contributed by atoms with Gasteiger partial charge in [-0.05, 0) is 17.7 Å². The first-order valence-corrected chi connectivity index (χ1v) is 5.03. The van der Waals surface area contributed by atoms with E-state index in [1.54, 1.807) is 19.5 Å². The predicted octanol–water partition coefficient (Wildman–Crippen LogP) is 3.05. The second-order valence-electron chi connectivity index (χ2n) is 3.13. The zero-order valence-electron chi connectivity index (χ0n) is 8.34. The van der Waals surface area contributed by atoms with Crippen LogP contribution in [0.5, 0.6) is 5.75 Å². The van der Waals surface area contributed by atoms with Crippen molar-refractivity contribution in [2.75, 3.05) is 7.11 Å². The number of rotatable bonds is 2. The van der Waals surface area contributed by atoms with E-state index in [-0.39, 0.29) is 0 Å². The van der Waals surface area contributed by atoms with Crippen molar-refractivity contribution in [1.29, 1.82) is 0 Å². The average molecular weight is 217 g/mol. The van der Waals surface area contributed by atoms with E-state index >= 15 is 0 Å². The molecule has 0 aliphatic heterocycles.